The van der Waals surface area contributed by atoms with Crippen molar-refractivity contribution in [2.24, 2.45) is 17.6 Å². The average Bonchev–Trinajstić information content (AvgIpc) is 3.06. The predicted octanol–water partition coefficient (Wildman–Crippen LogP) is 4.21. The van der Waals surface area contributed by atoms with Gasteiger partial charge in [0.2, 0.25) is 5.91 Å². The molecule has 0 spiro atoms. The number of rotatable bonds is 4. The first-order chi connectivity index (χ1) is 11.1. The highest BCUT2D eigenvalue weighted by atomic mass is 35.5. The van der Waals surface area contributed by atoms with Gasteiger partial charge in [0, 0.05) is 17.0 Å². The summed E-state index contributed by atoms with van der Waals surface area (Å²) in [7, 11) is 0. The number of nitrogens with one attached hydrogen (secondary N) is 1. The van der Waals surface area contributed by atoms with E-state index in [9.17, 15) is 4.79 Å². The van der Waals surface area contributed by atoms with Crippen LogP contribution in [0.1, 0.15) is 63.0 Å². The second-order valence-electron chi connectivity index (χ2n) is 7.21. The Morgan fingerprint density at radius 2 is 1.96 bits per heavy atom. The van der Waals surface area contributed by atoms with Crippen LogP contribution in [0, 0.1) is 11.8 Å². The smallest absolute Gasteiger partial charge is 0.223 e. The number of hydrogen-bond donors (Lipinski definition) is 2. The van der Waals surface area contributed by atoms with Gasteiger partial charge in [-0.05, 0) is 55.7 Å². The second-order valence-corrected chi connectivity index (χ2v) is 7.65. The lowest BCUT2D eigenvalue weighted by Gasteiger charge is -2.30. The van der Waals surface area contributed by atoms with Gasteiger partial charge in [-0.25, -0.2) is 0 Å². The van der Waals surface area contributed by atoms with E-state index in [0.29, 0.717) is 5.92 Å². The quantitative estimate of drug-likeness (QED) is 0.866. The van der Waals surface area contributed by atoms with E-state index < -0.39 is 0 Å². The van der Waals surface area contributed by atoms with Crippen LogP contribution in [-0.4, -0.2) is 11.9 Å². The lowest BCUT2D eigenvalue weighted by Crippen LogP contribution is -2.41. The van der Waals surface area contributed by atoms with Crippen molar-refractivity contribution in [3.05, 3.63) is 34.9 Å². The third-order valence-corrected chi connectivity index (χ3v) is 5.70. The molecule has 2 aliphatic carbocycles. The van der Waals surface area contributed by atoms with Crippen molar-refractivity contribution < 1.29 is 4.79 Å². The molecule has 3 nitrogen and oxygen atoms in total. The van der Waals surface area contributed by atoms with Crippen LogP contribution in [0.5, 0.6) is 0 Å². The van der Waals surface area contributed by atoms with E-state index >= 15 is 0 Å². The number of carbonyl (C=O) groups excluding carboxylic acids is 1. The standard InChI is InChI=1S/C19H27ClN2O/c20-16-9-3-7-14(11-16)18(13-5-1-2-6-13)22-19(23)15-8-4-10-17(21)12-15/h3,7,9,11,13,15,17-18H,1-2,4-6,8,10,12,21H2,(H,22,23)/t15?,17?,18-/m0/s1. The van der Waals surface area contributed by atoms with E-state index in [0.717, 1.165) is 36.3 Å². The SMILES string of the molecule is NC1CCCC(C(=O)N[C@H](c2cccc(Cl)c2)C2CCCC2)C1. The van der Waals surface area contributed by atoms with Gasteiger partial charge in [-0.3, -0.25) is 4.79 Å². The third-order valence-electron chi connectivity index (χ3n) is 5.46. The average molecular weight is 335 g/mol. The van der Waals surface area contributed by atoms with E-state index in [1.54, 1.807) is 0 Å². The van der Waals surface area contributed by atoms with Gasteiger partial charge in [-0.1, -0.05) is 43.0 Å². The van der Waals surface area contributed by atoms with Gasteiger partial charge >= 0.3 is 0 Å². The maximum atomic E-state index is 12.8. The second kappa shape index (κ2) is 7.67. The zero-order valence-electron chi connectivity index (χ0n) is 13.6. The van der Waals surface area contributed by atoms with Gasteiger partial charge in [0.1, 0.15) is 0 Å². The Labute approximate surface area is 144 Å². The Morgan fingerprint density at radius 1 is 1.17 bits per heavy atom. The monoisotopic (exact) mass is 334 g/mol. The summed E-state index contributed by atoms with van der Waals surface area (Å²) in [5.41, 5.74) is 7.19. The first-order valence-corrected chi connectivity index (χ1v) is 9.32. The highest BCUT2D eigenvalue weighted by Crippen LogP contribution is 2.37. The molecule has 2 fully saturated rings. The summed E-state index contributed by atoms with van der Waals surface area (Å²) in [5.74, 6) is 0.772. The number of amides is 1. The Balaban J connectivity index is 1.74. The van der Waals surface area contributed by atoms with Crippen LogP contribution in [0.4, 0.5) is 0 Å². The van der Waals surface area contributed by atoms with E-state index in [1.165, 1.54) is 25.7 Å². The molecule has 0 heterocycles. The number of nitrogens with two attached hydrogens (primary N) is 1. The molecule has 23 heavy (non-hydrogen) atoms. The molecule has 1 aromatic carbocycles. The fourth-order valence-corrected chi connectivity index (χ4v) is 4.40. The highest BCUT2D eigenvalue weighted by molar-refractivity contribution is 6.30. The Hall–Kier alpha value is -1.06. The summed E-state index contributed by atoms with van der Waals surface area (Å²) < 4.78 is 0. The minimum absolute atomic E-state index is 0.0711. The summed E-state index contributed by atoms with van der Waals surface area (Å²) in [5, 5.41) is 4.08. The first-order valence-electron chi connectivity index (χ1n) is 8.95. The fourth-order valence-electron chi connectivity index (χ4n) is 4.20. The Bertz CT molecular complexity index is 542. The molecule has 3 N–H and O–H groups in total. The fraction of sp³-hybridized carbons (Fsp3) is 0.632. The van der Waals surface area contributed by atoms with Gasteiger partial charge in [0.25, 0.3) is 0 Å². The maximum Gasteiger partial charge on any atom is 0.223 e. The molecule has 0 aliphatic heterocycles. The summed E-state index contributed by atoms with van der Waals surface area (Å²) >= 11 is 6.17. The first kappa shape index (κ1) is 16.8. The van der Waals surface area contributed by atoms with Gasteiger partial charge in [-0.2, -0.15) is 0 Å². The van der Waals surface area contributed by atoms with Crippen LogP contribution in [0.2, 0.25) is 5.02 Å². The van der Waals surface area contributed by atoms with Gasteiger partial charge < -0.3 is 11.1 Å². The summed E-state index contributed by atoms with van der Waals surface area (Å²) in [6.07, 6.45) is 8.76. The van der Waals surface area contributed by atoms with Crippen molar-refractivity contribution >= 4 is 17.5 Å². The van der Waals surface area contributed by atoms with Crippen molar-refractivity contribution in [3.8, 4) is 0 Å². The molecule has 2 aliphatic rings. The molecular formula is C19H27ClN2O. The zero-order chi connectivity index (χ0) is 16.2. The molecule has 0 radical (unpaired) electrons. The lowest BCUT2D eigenvalue weighted by molar-refractivity contribution is -0.127. The number of hydrogen-bond acceptors (Lipinski definition) is 2. The van der Waals surface area contributed by atoms with E-state index in [-0.39, 0.29) is 23.9 Å². The maximum absolute atomic E-state index is 12.8. The molecular weight excluding hydrogens is 308 g/mol. The van der Waals surface area contributed by atoms with Crippen LogP contribution >= 0.6 is 11.6 Å². The molecule has 3 rings (SSSR count). The Kier molecular flexibility index (Phi) is 5.60. The molecule has 0 bridgehead atoms. The molecule has 3 atom stereocenters. The molecule has 4 heteroatoms. The van der Waals surface area contributed by atoms with E-state index in [2.05, 4.69) is 11.4 Å². The highest BCUT2D eigenvalue weighted by Gasteiger charge is 2.31. The van der Waals surface area contributed by atoms with Crippen molar-refractivity contribution in [1.29, 1.82) is 0 Å². The van der Waals surface area contributed by atoms with Crippen molar-refractivity contribution in [2.75, 3.05) is 0 Å². The molecule has 0 saturated heterocycles. The molecule has 0 aromatic heterocycles. The van der Waals surface area contributed by atoms with Crippen LogP contribution < -0.4 is 11.1 Å². The number of carbonyl (C=O) groups is 1. The molecule has 2 unspecified atom stereocenters. The largest absolute Gasteiger partial charge is 0.349 e. The summed E-state index contributed by atoms with van der Waals surface area (Å²) in [4.78, 5) is 12.8. The van der Waals surface area contributed by atoms with Gasteiger partial charge in [0.05, 0.1) is 6.04 Å². The summed E-state index contributed by atoms with van der Waals surface area (Å²) in [6.45, 7) is 0. The molecule has 1 amide bonds. The zero-order valence-corrected chi connectivity index (χ0v) is 14.4. The van der Waals surface area contributed by atoms with Crippen LogP contribution in [0.25, 0.3) is 0 Å². The third kappa shape index (κ3) is 4.27. The van der Waals surface area contributed by atoms with Gasteiger partial charge in [-0.15, -0.1) is 0 Å². The van der Waals surface area contributed by atoms with Crippen LogP contribution in [-0.2, 0) is 4.79 Å². The number of benzene rings is 1. The molecule has 126 valence electrons. The predicted molar refractivity (Wildman–Crippen MR) is 94.2 cm³/mol. The summed E-state index contributed by atoms with van der Waals surface area (Å²) in [6, 6.07) is 8.21. The normalized spacial score (nSPS) is 26.9. The van der Waals surface area contributed by atoms with E-state index in [1.807, 2.05) is 18.2 Å². The van der Waals surface area contributed by atoms with Gasteiger partial charge in [0.15, 0.2) is 0 Å². The van der Waals surface area contributed by atoms with Crippen molar-refractivity contribution in [2.45, 2.75) is 63.5 Å². The van der Waals surface area contributed by atoms with Crippen LogP contribution in [0.15, 0.2) is 24.3 Å². The topological polar surface area (TPSA) is 55.1 Å². The minimum Gasteiger partial charge on any atom is -0.349 e. The van der Waals surface area contributed by atoms with E-state index in [4.69, 9.17) is 17.3 Å². The number of halogens is 1. The molecule has 1 aromatic rings. The molecule has 2 saturated carbocycles. The van der Waals surface area contributed by atoms with Crippen LogP contribution in [0.3, 0.4) is 0 Å². The van der Waals surface area contributed by atoms with Crippen molar-refractivity contribution in [3.63, 3.8) is 0 Å². The van der Waals surface area contributed by atoms with Crippen molar-refractivity contribution in [1.82, 2.24) is 5.32 Å². The lowest BCUT2D eigenvalue weighted by atomic mass is 9.84. The Morgan fingerprint density at radius 3 is 2.65 bits per heavy atom. The minimum atomic E-state index is 0.0711.